The molecule has 11 unspecified atom stereocenters. The Morgan fingerprint density at radius 2 is 1.34 bits per heavy atom. The summed E-state index contributed by atoms with van der Waals surface area (Å²) < 4.78 is 0. The van der Waals surface area contributed by atoms with E-state index in [0.29, 0.717) is 0 Å². The van der Waals surface area contributed by atoms with Crippen LogP contribution in [0, 0.1) is 41.4 Å². The van der Waals surface area contributed by atoms with E-state index in [0.717, 1.165) is 64.3 Å². The highest BCUT2D eigenvalue weighted by atomic mass is 28.3. The Balaban J connectivity index is 1.15. The molecule has 0 bridgehead atoms. The molecule has 41 heavy (non-hydrogen) atoms. The molecule has 0 radical (unpaired) electrons. The SMILES string of the molecule is CC1CC2C(c3ccc(C(C)(C)C)cc3)CCCC2C1[Si](C)(C)C1CCC2C1CC1CCCC1C2c1ccccc1. The Labute approximate surface area is 253 Å². The van der Waals surface area contributed by atoms with Crippen LogP contribution in [0.15, 0.2) is 54.6 Å². The lowest BCUT2D eigenvalue weighted by molar-refractivity contribution is 0.120. The summed E-state index contributed by atoms with van der Waals surface area (Å²) >= 11 is 0. The Morgan fingerprint density at radius 1 is 0.634 bits per heavy atom. The van der Waals surface area contributed by atoms with E-state index in [9.17, 15) is 0 Å². The highest BCUT2D eigenvalue weighted by Gasteiger charge is 2.59. The third-order valence-electron chi connectivity index (χ3n) is 14.1. The minimum absolute atomic E-state index is 0.243. The monoisotopic (exact) mass is 566 g/mol. The molecule has 5 saturated carbocycles. The van der Waals surface area contributed by atoms with E-state index >= 15 is 0 Å². The van der Waals surface area contributed by atoms with Crippen molar-refractivity contribution < 1.29 is 0 Å². The van der Waals surface area contributed by atoms with Crippen LogP contribution in [0.5, 0.6) is 0 Å². The van der Waals surface area contributed by atoms with Crippen LogP contribution in [0.2, 0.25) is 24.2 Å². The fourth-order valence-corrected chi connectivity index (χ4v) is 18.7. The molecule has 0 spiro atoms. The van der Waals surface area contributed by atoms with Crippen molar-refractivity contribution in [2.45, 2.75) is 133 Å². The van der Waals surface area contributed by atoms with Gasteiger partial charge in [0.25, 0.3) is 0 Å². The zero-order valence-electron chi connectivity index (χ0n) is 27.1. The van der Waals surface area contributed by atoms with Crippen molar-refractivity contribution in [3.8, 4) is 0 Å². The predicted octanol–water partition coefficient (Wildman–Crippen LogP) is 11.6. The molecule has 0 N–H and O–H groups in total. The van der Waals surface area contributed by atoms with E-state index in [1.807, 2.05) is 0 Å². The van der Waals surface area contributed by atoms with Crippen molar-refractivity contribution in [3.63, 3.8) is 0 Å². The van der Waals surface area contributed by atoms with Gasteiger partial charge >= 0.3 is 0 Å². The van der Waals surface area contributed by atoms with Crippen LogP contribution < -0.4 is 0 Å². The van der Waals surface area contributed by atoms with E-state index < -0.39 is 8.07 Å². The molecule has 1 heteroatoms. The number of fused-ring (bicyclic) bond motifs is 3. The summed E-state index contributed by atoms with van der Waals surface area (Å²) in [5.41, 5.74) is 7.17. The molecule has 0 heterocycles. The average Bonchev–Trinajstić information content (AvgIpc) is 3.68. The standard InChI is InChI=1S/C40H58Si/c1-26-24-35-31(27-18-20-30(21-19-27)40(2,3)4)15-11-17-34(35)39(26)41(5,6)37-23-22-33-36(37)25-29-14-10-16-32(29)38(33)28-12-8-7-9-13-28/h7-9,12-13,18-21,26,29,31-39H,10-11,14-17,22-25H2,1-6H3. The first-order valence-electron chi connectivity index (χ1n) is 17.8. The van der Waals surface area contributed by atoms with E-state index in [-0.39, 0.29) is 5.41 Å². The van der Waals surface area contributed by atoms with Crippen LogP contribution in [-0.2, 0) is 5.41 Å². The van der Waals surface area contributed by atoms with Crippen LogP contribution in [-0.4, -0.2) is 8.07 Å². The van der Waals surface area contributed by atoms with E-state index in [1.165, 1.54) is 56.9 Å². The van der Waals surface area contributed by atoms with Crippen LogP contribution in [0.25, 0.3) is 0 Å². The molecule has 222 valence electrons. The van der Waals surface area contributed by atoms with Gasteiger partial charge in [0.05, 0.1) is 8.07 Å². The van der Waals surface area contributed by atoms with Crippen LogP contribution >= 0.6 is 0 Å². The minimum Gasteiger partial charge on any atom is -0.0689 e. The average molecular weight is 567 g/mol. The summed E-state index contributed by atoms with van der Waals surface area (Å²) in [6.45, 7) is 15.6. The molecule has 2 aromatic carbocycles. The van der Waals surface area contributed by atoms with Gasteiger partial charge in [-0.05, 0) is 119 Å². The van der Waals surface area contributed by atoms with Gasteiger partial charge in [0, 0.05) is 0 Å². The fourth-order valence-electron chi connectivity index (χ4n) is 12.7. The minimum atomic E-state index is -1.46. The second-order valence-electron chi connectivity index (χ2n) is 17.3. The summed E-state index contributed by atoms with van der Waals surface area (Å²) in [6.07, 6.45) is 15.1. The Kier molecular flexibility index (Phi) is 7.40. The zero-order chi connectivity index (χ0) is 28.5. The predicted molar refractivity (Wildman–Crippen MR) is 178 cm³/mol. The number of benzene rings is 2. The molecule has 7 rings (SSSR count). The molecule has 0 saturated heterocycles. The summed E-state index contributed by atoms with van der Waals surface area (Å²) in [5, 5.41) is 0. The largest absolute Gasteiger partial charge is 0.0689 e. The molecule has 0 amide bonds. The Hall–Kier alpha value is -1.34. The maximum Gasteiger partial charge on any atom is 0.0544 e. The van der Waals surface area contributed by atoms with Crippen LogP contribution in [0.3, 0.4) is 0 Å². The molecule has 5 aliphatic carbocycles. The number of hydrogen-bond acceptors (Lipinski definition) is 0. The first-order valence-corrected chi connectivity index (χ1v) is 21.0. The first kappa shape index (κ1) is 28.4. The third-order valence-corrected chi connectivity index (χ3v) is 19.5. The highest BCUT2D eigenvalue weighted by Crippen LogP contribution is 2.68. The lowest BCUT2D eigenvalue weighted by Crippen LogP contribution is -2.47. The van der Waals surface area contributed by atoms with Crippen molar-refractivity contribution in [3.05, 3.63) is 71.3 Å². The molecule has 0 aromatic heterocycles. The Bertz CT molecular complexity index is 1190. The van der Waals surface area contributed by atoms with Gasteiger partial charge in [0.15, 0.2) is 0 Å². The molecule has 0 aliphatic heterocycles. The number of rotatable bonds is 4. The summed E-state index contributed by atoms with van der Waals surface area (Å²) in [6, 6.07) is 21.8. The van der Waals surface area contributed by atoms with Gasteiger partial charge in [-0.1, -0.05) is 127 Å². The Morgan fingerprint density at radius 3 is 2.07 bits per heavy atom. The van der Waals surface area contributed by atoms with Gasteiger partial charge in [0.2, 0.25) is 0 Å². The second kappa shape index (κ2) is 10.7. The van der Waals surface area contributed by atoms with Crippen LogP contribution in [0.4, 0.5) is 0 Å². The maximum absolute atomic E-state index is 2.91. The number of hydrogen-bond donors (Lipinski definition) is 0. The molecular weight excluding hydrogens is 509 g/mol. The van der Waals surface area contributed by atoms with Crippen molar-refractivity contribution in [1.82, 2.24) is 0 Å². The first-order chi connectivity index (χ1) is 19.6. The van der Waals surface area contributed by atoms with E-state index in [1.54, 1.807) is 24.0 Å². The van der Waals surface area contributed by atoms with Crippen molar-refractivity contribution in [2.24, 2.45) is 41.4 Å². The van der Waals surface area contributed by atoms with Gasteiger partial charge < -0.3 is 0 Å². The lowest BCUT2D eigenvalue weighted by atomic mass is 9.62. The molecule has 5 aliphatic rings. The molecule has 2 aromatic rings. The smallest absolute Gasteiger partial charge is 0.0544 e. The summed E-state index contributed by atoms with van der Waals surface area (Å²) in [5.74, 6) is 8.44. The van der Waals surface area contributed by atoms with E-state index in [2.05, 4.69) is 95.4 Å². The normalized spacial score (nSPS) is 40.7. The topological polar surface area (TPSA) is 0 Å². The third kappa shape index (κ3) is 4.83. The quantitative estimate of drug-likeness (QED) is 0.323. The van der Waals surface area contributed by atoms with Gasteiger partial charge in [-0.2, -0.15) is 0 Å². The molecule has 11 atom stereocenters. The van der Waals surface area contributed by atoms with Gasteiger partial charge in [-0.25, -0.2) is 0 Å². The molecule has 5 fully saturated rings. The van der Waals surface area contributed by atoms with Crippen molar-refractivity contribution in [1.29, 1.82) is 0 Å². The lowest BCUT2D eigenvalue weighted by Gasteiger charge is -2.50. The van der Waals surface area contributed by atoms with Crippen LogP contribution in [0.1, 0.15) is 120 Å². The highest BCUT2D eigenvalue weighted by molar-refractivity contribution is 6.80. The van der Waals surface area contributed by atoms with E-state index in [4.69, 9.17) is 0 Å². The summed E-state index contributed by atoms with van der Waals surface area (Å²) in [4.78, 5) is 0. The van der Waals surface area contributed by atoms with Gasteiger partial charge in [-0.15, -0.1) is 0 Å². The fraction of sp³-hybridized carbons (Fsp3) is 0.700. The maximum atomic E-state index is 2.91. The molecule has 0 nitrogen and oxygen atoms in total. The van der Waals surface area contributed by atoms with Crippen molar-refractivity contribution in [2.75, 3.05) is 0 Å². The second-order valence-corrected chi connectivity index (χ2v) is 22.4. The van der Waals surface area contributed by atoms with Gasteiger partial charge in [0.1, 0.15) is 0 Å². The van der Waals surface area contributed by atoms with Gasteiger partial charge in [-0.3, -0.25) is 0 Å². The summed E-state index contributed by atoms with van der Waals surface area (Å²) in [7, 11) is -1.46. The molecular formula is C40H58Si. The zero-order valence-corrected chi connectivity index (χ0v) is 28.1. The van der Waals surface area contributed by atoms with Crippen molar-refractivity contribution >= 4 is 8.07 Å².